The fourth-order valence-electron chi connectivity index (χ4n) is 5.31. The normalized spacial score (nSPS) is 21.1. The van der Waals surface area contributed by atoms with Crippen LogP contribution < -0.4 is 10.1 Å². The molecule has 1 aliphatic carbocycles. The van der Waals surface area contributed by atoms with Gasteiger partial charge in [0.25, 0.3) is 5.91 Å². The average Bonchev–Trinajstić information content (AvgIpc) is 3.36. The lowest BCUT2D eigenvalue weighted by Crippen LogP contribution is -2.55. The molecule has 42 heavy (non-hydrogen) atoms. The van der Waals surface area contributed by atoms with Gasteiger partial charge in [-0.3, -0.25) is 9.59 Å². The van der Waals surface area contributed by atoms with Crippen molar-refractivity contribution in [2.24, 2.45) is 0 Å². The van der Waals surface area contributed by atoms with E-state index in [1.54, 1.807) is 30.3 Å². The second-order valence-corrected chi connectivity index (χ2v) is 10.8. The van der Waals surface area contributed by atoms with Crippen LogP contribution in [0.3, 0.4) is 0 Å². The van der Waals surface area contributed by atoms with Crippen LogP contribution >= 0.6 is 23.2 Å². The third-order valence-electron chi connectivity index (χ3n) is 7.29. The second-order valence-electron chi connectivity index (χ2n) is 9.94. The molecule has 2 amide bonds. The van der Waals surface area contributed by atoms with Crippen LogP contribution in [0.4, 0.5) is 13.2 Å². The number of fused-ring (bicyclic) bond motifs is 3. The Hall–Kier alpha value is -3.57. The van der Waals surface area contributed by atoms with Crippen LogP contribution in [0.1, 0.15) is 33.0 Å². The van der Waals surface area contributed by atoms with E-state index >= 15 is 0 Å². The zero-order valence-corrected chi connectivity index (χ0v) is 23.3. The van der Waals surface area contributed by atoms with Crippen molar-refractivity contribution in [2.45, 2.75) is 36.9 Å². The molecule has 0 radical (unpaired) electrons. The number of rotatable bonds is 7. The van der Waals surface area contributed by atoms with Crippen LogP contribution in [0.2, 0.25) is 10.0 Å². The molecule has 0 aromatic heterocycles. The third-order valence-corrected chi connectivity index (χ3v) is 8.03. The number of para-hydroxylation sites is 1. The second kappa shape index (κ2) is 12.0. The number of benzene rings is 3. The van der Waals surface area contributed by atoms with Crippen LogP contribution in [0, 0.1) is 0 Å². The van der Waals surface area contributed by atoms with E-state index in [1.165, 1.54) is 23.1 Å². The Morgan fingerprint density at radius 1 is 1.00 bits per heavy atom. The Kier molecular flexibility index (Phi) is 8.52. The number of alkyl halides is 3. The van der Waals surface area contributed by atoms with Crippen molar-refractivity contribution < 1.29 is 37.7 Å². The fraction of sp³-hybridized carbons (Fsp3) is 0.267. The maximum atomic E-state index is 13.9. The molecule has 4 unspecified atom stereocenters. The Balaban J connectivity index is 1.59. The summed E-state index contributed by atoms with van der Waals surface area (Å²) in [5.41, 5.74) is 0.432. The van der Waals surface area contributed by atoms with Gasteiger partial charge in [0, 0.05) is 29.8 Å². The first-order chi connectivity index (χ1) is 20.0. The van der Waals surface area contributed by atoms with E-state index in [4.69, 9.17) is 27.9 Å². The monoisotopic (exact) mass is 620 g/mol. The predicted octanol–water partition coefficient (Wildman–Crippen LogP) is 4.98. The lowest BCUT2D eigenvalue weighted by molar-refractivity contribution is -0.137. The number of carbonyl (C=O) groups excluding carboxylic acids is 2. The van der Waals surface area contributed by atoms with E-state index in [2.05, 4.69) is 5.32 Å². The van der Waals surface area contributed by atoms with E-state index in [1.807, 2.05) is 0 Å². The number of halogens is 5. The quantitative estimate of drug-likeness (QED) is 0.346. The minimum Gasteiger partial charge on any atom is -0.486 e. The van der Waals surface area contributed by atoms with Gasteiger partial charge in [0.05, 0.1) is 34.2 Å². The van der Waals surface area contributed by atoms with Crippen molar-refractivity contribution in [3.05, 3.63) is 111 Å². The van der Waals surface area contributed by atoms with Crippen LogP contribution in [0.25, 0.3) is 0 Å². The summed E-state index contributed by atoms with van der Waals surface area (Å²) >= 11 is 12.3. The van der Waals surface area contributed by atoms with Crippen LogP contribution in [-0.4, -0.2) is 58.3 Å². The van der Waals surface area contributed by atoms with Crippen molar-refractivity contribution in [3.8, 4) is 5.75 Å². The summed E-state index contributed by atoms with van der Waals surface area (Å²) in [6.45, 7) is -0.465. The molecular weight excluding hydrogens is 596 g/mol. The topological polar surface area (TPSA) is 99.1 Å². The van der Waals surface area contributed by atoms with E-state index in [0.29, 0.717) is 16.9 Å². The van der Waals surface area contributed by atoms with Crippen LogP contribution in [-0.2, 0) is 17.5 Å². The highest BCUT2D eigenvalue weighted by atomic mass is 35.5. The number of carbonyl (C=O) groups is 2. The number of aliphatic hydroxyl groups is 2. The molecule has 1 heterocycles. The summed E-state index contributed by atoms with van der Waals surface area (Å²) in [7, 11) is 0. The van der Waals surface area contributed by atoms with Crippen molar-refractivity contribution >= 4 is 35.0 Å². The summed E-state index contributed by atoms with van der Waals surface area (Å²) in [6.07, 6.45) is -5.41. The molecule has 5 rings (SSSR count). The Bertz CT molecular complexity index is 1530. The SMILES string of the molecule is O=C(NCCO)C1=CC(N(Cc2ccc(Cl)c(Cl)c2)C(=O)c2ccc(C(F)(F)F)cc2)C(O)C2Oc3ccccc3C12. The summed E-state index contributed by atoms with van der Waals surface area (Å²) in [5, 5.41) is 24.0. The number of nitrogens with one attached hydrogen (secondary N) is 1. The van der Waals surface area contributed by atoms with Gasteiger partial charge in [-0.1, -0.05) is 47.5 Å². The smallest absolute Gasteiger partial charge is 0.416 e. The molecular formula is C30H25Cl2F3N2O5. The van der Waals surface area contributed by atoms with Gasteiger partial charge in [-0.15, -0.1) is 0 Å². The van der Waals surface area contributed by atoms with Gasteiger partial charge in [0.2, 0.25) is 5.91 Å². The van der Waals surface area contributed by atoms with Crippen LogP contribution in [0.5, 0.6) is 5.75 Å². The largest absolute Gasteiger partial charge is 0.486 e. The lowest BCUT2D eigenvalue weighted by Gasteiger charge is -2.41. The highest BCUT2D eigenvalue weighted by Crippen LogP contribution is 2.47. The fourth-order valence-corrected chi connectivity index (χ4v) is 5.63. The van der Waals surface area contributed by atoms with E-state index in [-0.39, 0.29) is 40.9 Å². The molecule has 0 saturated heterocycles. The average molecular weight is 621 g/mol. The first-order valence-corrected chi connectivity index (χ1v) is 13.7. The molecule has 7 nitrogen and oxygen atoms in total. The van der Waals surface area contributed by atoms with Gasteiger partial charge in [-0.2, -0.15) is 13.2 Å². The van der Waals surface area contributed by atoms with Gasteiger partial charge in [-0.05, 0) is 54.1 Å². The molecule has 3 N–H and O–H groups in total. The van der Waals surface area contributed by atoms with E-state index < -0.39 is 47.7 Å². The predicted molar refractivity (Wildman–Crippen MR) is 149 cm³/mol. The Morgan fingerprint density at radius 3 is 2.38 bits per heavy atom. The lowest BCUT2D eigenvalue weighted by atomic mass is 9.77. The first-order valence-electron chi connectivity index (χ1n) is 13.0. The molecule has 3 aromatic rings. The minimum atomic E-state index is -4.59. The molecule has 2 aliphatic rings. The Morgan fingerprint density at radius 2 is 1.71 bits per heavy atom. The molecule has 0 saturated carbocycles. The highest BCUT2D eigenvalue weighted by molar-refractivity contribution is 6.42. The van der Waals surface area contributed by atoms with E-state index in [0.717, 1.165) is 24.3 Å². The molecule has 4 atom stereocenters. The summed E-state index contributed by atoms with van der Waals surface area (Å²) in [5.74, 6) is -1.41. The zero-order valence-electron chi connectivity index (χ0n) is 21.8. The van der Waals surface area contributed by atoms with Gasteiger partial charge < -0.3 is 25.2 Å². The summed E-state index contributed by atoms with van der Waals surface area (Å²) in [4.78, 5) is 28.5. The maximum Gasteiger partial charge on any atom is 0.416 e. The molecule has 12 heteroatoms. The molecule has 0 spiro atoms. The van der Waals surface area contributed by atoms with Crippen LogP contribution in [0.15, 0.2) is 78.4 Å². The summed E-state index contributed by atoms with van der Waals surface area (Å²) < 4.78 is 45.7. The van der Waals surface area contributed by atoms with Crippen molar-refractivity contribution in [2.75, 3.05) is 13.2 Å². The highest BCUT2D eigenvalue weighted by Gasteiger charge is 2.50. The maximum absolute atomic E-state index is 13.9. The Labute approximate surface area is 249 Å². The molecule has 0 fully saturated rings. The number of aliphatic hydroxyl groups excluding tert-OH is 2. The first kappa shape index (κ1) is 29.9. The van der Waals surface area contributed by atoms with Crippen molar-refractivity contribution in [1.29, 1.82) is 0 Å². The van der Waals surface area contributed by atoms with Crippen molar-refractivity contribution in [1.82, 2.24) is 10.2 Å². The minimum absolute atomic E-state index is 0.0270. The summed E-state index contributed by atoms with van der Waals surface area (Å²) in [6, 6.07) is 14.3. The standard InChI is InChI=1S/C30H25Cl2F3N2O5/c31-21-10-5-16(13-22(21)32)15-37(29(41)17-6-8-18(9-7-17)30(33,34)35)23-14-20(28(40)36-11-12-38)25-19-3-1-2-4-24(19)42-27(25)26(23)39/h1-10,13-14,23,25-27,38-39H,11-12,15H2,(H,36,40). The molecule has 3 aromatic carbocycles. The van der Waals surface area contributed by atoms with Gasteiger partial charge >= 0.3 is 6.18 Å². The van der Waals surface area contributed by atoms with Gasteiger partial charge in [0.15, 0.2) is 0 Å². The zero-order chi connectivity index (χ0) is 30.2. The number of amides is 2. The molecule has 0 bridgehead atoms. The molecule has 1 aliphatic heterocycles. The number of nitrogens with zero attached hydrogens (tertiary/aromatic N) is 1. The van der Waals surface area contributed by atoms with Crippen molar-refractivity contribution in [3.63, 3.8) is 0 Å². The van der Waals surface area contributed by atoms with Gasteiger partial charge in [0.1, 0.15) is 18.0 Å². The van der Waals surface area contributed by atoms with Gasteiger partial charge in [-0.25, -0.2) is 0 Å². The van der Waals surface area contributed by atoms with E-state index in [9.17, 15) is 33.0 Å². The number of hydrogen-bond donors (Lipinski definition) is 3. The molecule has 220 valence electrons. The third kappa shape index (κ3) is 5.85. The number of ether oxygens (including phenoxy) is 1. The number of hydrogen-bond acceptors (Lipinski definition) is 5.